The topological polar surface area (TPSA) is 75.4 Å². The maximum Gasteiger partial charge on any atom is 0.416 e. The van der Waals surface area contributed by atoms with Crippen molar-refractivity contribution in [3.05, 3.63) is 53.6 Å². The Balaban J connectivity index is 2.41. The van der Waals surface area contributed by atoms with Crippen molar-refractivity contribution < 1.29 is 23.2 Å². The molecule has 4 nitrogen and oxygen atoms in total. The lowest BCUT2D eigenvalue weighted by atomic mass is 10.0. The van der Waals surface area contributed by atoms with Crippen molar-refractivity contribution in [3.8, 4) is 11.1 Å². The molecule has 0 aliphatic rings. The zero-order chi connectivity index (χ0) is 15.6. The molecule has 0 atom stereocenters. The molecular weight excluding hydrogens is 285 g/mol. The van der Waals surface area contributed by atoms with Crippen molar-refractivity contribution in [1.29, 1.82) is 0 Å². The normalized spacial score (nSPS) is 11.2. The molecule has 1 amide bonds. The van der Waals surface area contributed by atoms with Crippen LogP contribution in [-0.4, -0.2) is 11.1 Å². The van der Waals surface area contributed by atoms with E-state index in [1.807, 2.05) is 0 Å². The summed E-state index contributed by atoms with van der Waals surface area (Å²) in [5.74, 6) is -0.790. The third kappa shape index (κ3) is 3.14. The van der Waals surface area contributed by atoms with Crippen LogP contribution >= 0.6 is 0 Å². The van der Waals surface area contributed by atoms with Crippen LogP contribution in [0.1, 0.15) is 15.9 Å². The summed E-state index contributed by atoms with van der Waals surface area (Å²) in [6, 6.07) is 8.92. The second-order valence-corrected chi connectivity index (χ2v) is 4.32. The molecule has 2 aromatic carbocycles. The second kappa shape index (κ2) is 5.45. The zero-order valence-corrected chi connectivity index (χ0v) is 10.6. The monoisotopic (exact) mass is 296 g/mol. The quantitative estimate of drug-likeness (QED) is 0.453. The van der Waals surface area contributed by atoms with Gasteiger partial charge in [-0.25, -0.2) is 5.48 Å². The molecular formula is C14H11F3N2O2. The number of hydrogen-bond donors (Lipinski definition) is 3. The van der Waals surface area contributed by atoms with Gasteiger partial charge in [0.1, 0.15) is 0 Å². The standard InChI is InChI=1S/C14H11F3N2O2/c15-14(16,17)10-4-1-8(2-5-10)9-3-6-12(18)11(7-9)13(20)19-21/h1-7,21H,18H2,(H,19,20). The number of nitrogens with one attached hydrogen (secondary N) is 1. The molecule has 0 radical (unpaired) electrons. The van der Waals surface area contributed by atoms with Crippen molar-refractivity contribution in [1.82, 2.24) is 5.48 Å². The summed E-state index contributed by atoms with van der Waals surface area (Å²) in [4.78, 5) is 11.4. The van der Waals surface area contributed by atoms with Gasteiger partial charge in [-0.3, -0.25) is 10.0 Å². The lowest BCUT2D eigenvalue weighted by Gasteiger charge is -2.09. The highest BCUT2D eigenvalue weighted by Gasteiger charge is 2.29. The van der Waals surface area contributed by atoms with Crippen LogP contribution in [-0.2, 0) is 6.18 Å². The maximum atomic E-state index is 12.5. The number of alkyl halides is 3. The van der Waals surface area contributed by atoms with Crippen LogP contribution in [0.2, 0.25) is 0 Å². The van der Waals surface area contributed by atoms with E-state index in [1.54, 1.807) is 6.07 Å². The highest BCUT2D eigenvalue weighted by molar-refractivity contribution is 5.99. The third-order valence-corrected chi connectivity index (χ3v) is 2.95. The number of halogens is 3. The van der Waals surface area contributed by atoms with Crippen LogP contribution in [0.25, 0.3) is 11.1 Å². The van der Waals surface area contributed by atoms with Crippen LogP contribution in [0.15, 0.2) is 42.5 Å². The van der Waals surface area contributed by atoms with Crippen molar-refractivity contribution in [2.45, 2.75) is 6.18 Å². The number of nitrogen functional groups attached to an aromatic ring is 1. The Morgan fingerprint density at radius 1 is 1.05 bits per heavy atom. The van der Waals surface area contributed by atoms with Crippen molar-refractivity contribution in [2.24, 2.45) is 0 Å². The van der Waals surface area contributed by atoms with Crippen molar-refractivity contribution >= 4 is 11.6 Å². The van der Waals surface area contributed by atoms with Gasteiger partial charge >= 0.3 is 6.18 Å². The number of hydroxylamine groups is 1. The molecule has 0 aliphatic heterocycles. The molecule has 2 aromatic rings. The third-order valence-electron chi connectivity index (χ3n) is 2.95. The number of benzene rings is 2. The Morgan fingerprint density at radius 3 is 2.14 bits per heavy atom. The van der Waals surface area contributed by atoms with Gasteiger partial charge in [-0.05, 0) is 35.4 Å². The minimum absolute atomic E-state index is 0.0369. The number of amides is 1. The van der Waals surface area contributed by atoms with Gasteiger partial charge in [0.15, 0.2) is 0 Å². The van der Waals surface area contributed by atoms with Crippen LogP contribution < -0.4 is 11.2 Å². The summed E-state index contributed by atoms with van der Waals surface area (Å²) in [5, 5.41) is 8.62. The van der Waals surface area contributed by atoms with Crippen LogP contribution in [0.3, 0.4) is 0 Å². The number of carbonyl (C=O) groups excluding carboxylic acids is 1. The van der Waals surface area contributed by atoms with Gasteiger partial charge in [-0.15, -0.1) is 0 Å². The van der Waals surface area contributed by atoms with Gasteiger partial charge in [0.25, 0.3) is 5.91 Å². The van der Waals surface area contributed by atoms with E-state index < -0.39 is 17.6 Å². The molecule has 0 aliphatic carbocycles. The molecule has 0 fully saturated rings. The SMILES string of the molecule is Nc1ccc(-c2ccc(C(F)(F)F)cc2)cc1C(=O)NO. The predicted octanol–water partition coefficient (Wildman–Crippen LogP) is 3.07. The molecule has 21 heavy (non-hydrogen) atoms. The fourth-order valence-corrected chi connectivity index (χ4v) is 1.84. The molecule has 7 heteroatoms. The largest absolute Gasteiger partial charge is 0.416 e. The summed E-state index contributed by atoms with van der Waals surface area (Å²) >= 11 is 0. The molecule has 0 aromatic heterocycles. The summed E-state index contributed by atoms with van der Waals surface area (Å²) in [7, 11) is 0. The first kappa shape index (κ1) is 14.9. The number of rotatable bonds is 2. The van der Waals surface area contributed by atoms with Gasteiger partial charge in [0.05, 0.1) is 11.1 Å². The number of hydrogen-bond acceptors (Lipinski definition) is 3. The van der Waals surface area contributed by atoms with Crippen LogP contribution in [0.4, 0.5) is 18.9 Å². The van der Waals surface area contributed by atoms with Crippen molar-refractivity contribution in [3.63, 3.8) is 0 Å². The van der Waals surface area contributed by atoms with E-state index in [0.717, 1.165) is 12.1 Å². The number of nitrogens with two attached hydrogens (primary N) is 1. The average molecular weight is 296 g/mol. The average Bonchev–Trinajstić information content (AvgIpc) is 2.46. The Kier molecular flexibility index (Phi) is 3.86. The minimum Gasteiger partial charge on any atom is -0.398 e. The highest BCUT2D eigenvalue weighted by Crippen LogP contribution is 2.31. The molecule has 4 N–H and O–H groups in total. The van der Waals surface area contributed by atoms with E-state index in [0.29, 0.717) is 11.1 Å². The smallest absolute Gasteiger partial charge is 0.398 e. The van der Waals surface area contributed by atoms with E-state index >= 15 is 0 Å². The predicted molar refractivity (Wildman–Crippen MR) is 70.5 cm³/mol. The lowest BCUT2D eigenvalue weighted by molar-refractivity contribution is -0.137. The Morgan fingerprint density at radius 2 is 1.62 bits per heavy atom. The van der Waals surface area contributed by atoms with E-state index in [9.17, 15) is 18.0 Å². The van der Waals surface area contributed by atoms with Gasteiger partial charge in [-0.2, -0.15) is 13.2 Å². The van der Waals surface area contributed by atoms with E-state index in [2.05, 4.69) is 0 Å². The fraction of sp³-hybridized carbons (Fsp3) is 0.0714. The van der Waals surface area contributed by atoms with Gasteiger partial charge in [0, 0.05) is 5.69 Å². The highest BCUT2D eigenvalue weighted by atomic mass is 19.4. The lowest BCUT2D eigenvalue weighted by Crippen LogP contribution is -2.20. The molecule has 2 rings (SSSR count). The molecule has 0 unspecified atom stereocenters. The molecule has 0 saturated carbocycles. The Labute approximate surface area is 118 Å². The van der Waals surface area contributed by atoms with E-state index in [-0.39, 0.29) is 11.3 Å². The maximum absolute atomic E-state index is 12.5. The summed E-state index contributed by atoms with van der Waals surface area (Å²) in [6.45, 7) is 0. The molecule has 0 bridgehead atoms. The fourth-order valence-electron chi connectivity index (χ4n) is 1.84. The summed E-state index contributed by atoms with van der Waals surface area (Å²) in [5.41, 5.74) is 7.51. The molecule has 0 heterocycles. The number of anilines is 1. The first-order chi connectivity index (χ1) is 9.82. The Bertz CT molecular complexity index is 667. The van der Waals surface area contributed by atoms with Gasteiger partial charge < -0.3 is 5.73 Å². The van der Waals surface area contributed by atoms with Crippen molar-refractivity contribution in [2.75, 3.05) is 5.73 Å². The van der Waals surface area contributed by atoms with E-state index in [4.69, 9.17) is 10.9 Å². The molecule has 110 valence electrons. The van der Waals surface area contributed by atoms with Gasteiger partial charge in [0.2, 0.25) is 0 Å². The van der Waals surface area contributed by atoms with Crippen LogP contribution in [0.5, 0.6) is 0 Å². The zero-order valence-electron chi connectivity index (χ0n) is 10.6. The summed E-state index contributed by atoms with van der Waals surface area (Å²) < 4.78 is 37.5. The van der Waals surface area contributed by atoms with E-state index in [1.165, 1.54) is 29.7 Å². The minimum atomic E-state index is -4.40. The molecule has 0 spiro atoms. The first-order valence-corrected chi connectivity index (χ1v) is 5.84. The first-order valence-electron chi connectivity index (χ1n) is 5.84. The van der Waals surface area contributed by atoms with Crippen LogP contribution in [0, 0.1) is 0 Å². The molecule has 0 saturated heterocycles. The number of carbonyl (C=O) groups is 1. The van der Waals surface area contributed by atoms with Gasteiger partial charge in [-0.1, -0.05) is 18.2 Å². The second-order valence-electron chi connectivity index (χ2n) is 4.32. The summed E-state index contributed by atoms with van der Waals surface area (Å²) in [6.07, 6.45) is -4.40. The Hall–Kier alpha value is -2.54.